The van der Waals surface area contributed by atoms with Crippen molar-refractivity contribution in [2.24, 2.45) is 0 Å². The monoisotopic (exact) mass is 257 g/mol. The van der Waals surface area contributed by atoms with Gasteiger partial charge in [-0.3, -0.25) is 4.90 Å². The van der Waals surface area contributed by atoms with Crippen molar-refractivity contribution in [3.63, 3.8) is 0 Å². The number of fused-ring (bicyclic) bond motifs is 1. The first kappa shape index (κ1) is 11.4. The summed E-state index contributed by atoms with van der Waals surface area (Å²) in [6.45, 7) is -0.0309. The maximum atomic E-state index is 12.1. The fourth-order valence-electron chi connectivity index (χ4n) is 1.90. The topological polar surface area (TPSA) is 111 Å². The van der Waals surface area contributed by atoms with Crippen LogP contribution in [-0.4, -0.2) is 38.6 Å². The molecule has 0 aromatic carbocycles. The molecule has 96 valence electrons. The van der Waals surface area contributed by atoms with Gasteiger partial charge in [0.1, 0.15) is 12.9 Å². The fourth-order valence-corrected chi connectivity index (χ4v) is 1.90. The molecule has 3 rings (SSSR count). The fraction of sp³-hybridized carbons (Fsp3) is 0.364. The lowest BCUT2D eigenvalue weighted by atomic mass is 10.4. The molecule has 8 nitrogen and oxygen atoms in total. The number of aromatic amines is 1. The number of aromatic nitrogens is 4. The molecule has 19 heavy (non-hydrogen) atoms. The highest BCUT2D eigenvalue weighted by Gasteiger charge is 2.36. The average molecular weight is 257 g/mol. The van der Waals surface area contributed by atoms with Crippen molar-refractivity contribution >= 4 is 23.0 Å². The molecule has 0 spiro atoms. The number of nitrogens with zero attached hydrogens (tertiary/aromatic N) is 5. The van der Waals surface area contributed by atoms with Gasteiger partial charge in [-0.1, -0.05) is 0 Å². The minimum Gasteiger partial charge on any atom is -0.329 e. The molecule has 2 aromatic rings. The summed E-state index contributed by atoms with van der Waals surface area (Å²) in [5.41, 5.74) is 1.14. The van der Waals surface area contributed by atoms with Crippen LogP contribution in [0.5, 0.6) is 0 Å². The second-order valence-corrected chi connectivity index (χ2v) is 4.22. The highest BCUT2D eigenvalue weighted by molar-refractivity contribution is 5.98. The number of carbonyl (C=O) groups excluding carboxylic acids is 1. The molecule has 0 radical (unpaired) electrons. The molecule has 0 aliphatic heterocycles. The Balaban J connectivity index is 1.98. The minimum atomic E-state index is -0.327. The van der Waals surface area contributed by atoms with E-state index in [2.05, 4.69) is 25.3 Å². The zero-order valence-corrected chi connectivity index (χ0v) is 10.00. The Labute approximate surface area is 108 Å². The van der Waals surface area contributed by atoms with Gasteiger partial charge in [-0.2, -0.15) is 5.26 Å². The van der Waals surface area contributed by atoms with Crippen LogP contribution in [0.2, 0.25) is 0 Å². The Morgan fingerprint density at radius 3 is 3.11 bits per heavy atom. The number of hydrogen-bond acceptors (Lipinski definition) is 5. The zero-order chi connectivity index (χ0) is 13.2. The molecule has 1 aliphatic carbocycles. The van der Waals surface area contributed by atoms with E-state index < -0.39 is 0 Å². The molecule has 2 aromatic heterocycles. The lowest BCUT2D eigenvalue weighted by Crippen LogP contribution is -2.42. The van der Waals surface area contributed by atoms with Crippen LogP contribution >= 0.6 is 0 Å². The van der Waals surface area contributed by atoms with Crippen molar-refractivity contribution in [1.29, 1.82) is 5.26 Å². The summed E-state index contributed by atoms with van der Waals surface area (Å²) < 4.78 is 0. The van der Waals surface area contributed by atoms with Crippen LogP contribution in [0.4, 0.5) is 10.6 Å². The lowest BCUT2D eigenvalue weighted by Gasteiger charge is -2.21. The van der Waals surface area contributed by atoms with E-state index in [1.54, 1.807) is 4.90 Å². The summed E-state index contributed by atoms with van der Waals surface area (Å²) in [6.07, 6.45) is 4.76. The Morgan fingerprint density at radius 1 is 1.53 bits per heavy atom. The van der Waals surface area contributed by atoms with Gasteiger partial charge in [0, 0.05) is 6.04 Å². The third-order valence-electron chi connectivity index (χ3n) is 2.88. The first-order valence-corrected chi connectivity index (χ1v) is 5.89. The van der Waals surface area contributed by atoms with Crippen LogP contribution in [0.1, 0.15) is 12.8 Å². The second-order valence-electron chi connectivity index (χ2n) is 4.22. The largest absolute Gasteiger partial charge is 0.329 e. The molecule has 1 aliphatic rings. The molecule has 0 bridgehead atoms. The lowest BCUT2D eigenvalue weighted by molar-refractivity contribution is 0.247. The van der Waals surface area contributed by atoms with E-state index in [1.807, 2.05) is 6.07 Å². The highest BCUT2D eigenvalue weighted by Crippen LogP contribution is 2.32. The average Bonchev–Trinajstić information content (AvgIpc) is 3.12. The zero-order valence-electron chi connectivity index (χ0n) is 10.00. The summed E-state index contributed by atoms with van der Waals surface area (Å²) >= 11 is 0. The minimum absolute atomic E-state index is 0.0309. The number of imidazole rings is 1. The summed E-state index contributed by atoms with van der Waals surface area (Å²) in [4.78, 5) is 28.9. The molecule has 1 fully saturated rings. The summed E-state index contributed by atoms with van der Waals surface area (Å²) in [6, 6.07) is 1.68. The van der Waals surface area contributed by atoms with E-state index in [9.17, 15) is 4.79 Å². The molecular formula is C11H11N7O. The van der Waals surface area contributed by atoms with Crippen LogP contribution in [0.15, 0.2) is 12.7 Å². The van der Waals surface area contributed by atoms with Crippen LogP contribution in [-0.2, 0) is 0 Å². The molecular weight excluding hydrogens is 246 g/mol. The Kier molecular flexibility index (Phi) is 2.72. The second kappa shape index (κ2) is 4.53. The summed E-state index contributed by atoms with van der Waals surface area (Å²) in [7, 11) is 0. The number of anilines is 1. The number of hydrogen-bond donors (Lipinski definition) is 2. The van der Waals surface area contributed by atoms with Gasteiger partial charge in [0.15, 0.2) is 17.0 Å². The van der Waals surface area contributed by atoms with E-state index >= 15 is 0 Å². The van der Waals surface area contributed by atoms with Gasteiger partial charge in [0.2, 0.25) is 0 Å². The smallest absolute Gasteiger partial charge is 0.324 e. The van der Waals surface area contributed by atoms with Crippen LogP contribution in [0.25, 0.3) is 11.2 Å². The molecule has 2 amide bonds. The van der Waals surface area contributed by atoms with E-state index in [4.69, 9.17) is 5.26 Å². The van der Waals surface area contributed by atoms with Gasteiger partial charge in [0.05, 0.1) is 12.4 Å². The van der Waals surface area contributed by atoms with Crippen molar-refractivity contribution in [2.75, 3.05) is 11.4 Å². The van der Waals surface area contributed by atoms with E-state index in [0.29, 0.717) is 17.0 Å². The number of H-pyrrole nitrogens is 1. The Morgan fingerprint density at radius 2 is 2.37 bits per heavy atom. The molecule has 0 atom stereocenters. The predicted molar refractivity (Wildman–Crippen MR) is 66.2 cm³/mol. The van der Waals surface area contributed by atoms with Crippen molar-refractivity contribution < 1.29 is 4.79 Å². The van der Waals surface area contributed by atoms with Crippen LogP contribution in [0, 0.1) is 11.3 Å². The summed E-state index contributed by atoms with van der Waals surface area (Å²) in [5, 5.41) is 11.1. The maximum Gasteiger partial charge on any atom is 0.324 e. The quantitative estimate of drug-likeness (QED) is 0.780. The first-order chi connectivity index (χ1) is 9.31. The van der Waals surface area contributed by atoms with Crippen molar-refractivity contribution in [3.05, 3.63) is 12.7 Å². The SMILES string of the molecule is N#CCNC(=O)N(c1ncnc2[nH]cnc12)C1CC1. The number of nitrogens with one attached hydrogen (secondary N) is 2. The van der Waals surface area contributed by atoms with Crippen molar-refractivity contribution in [3.8, 4) is 6.07 Å². The highest BCUT2D eigenvalue weighted by atomic mass is 16.2. The third-order valence-corrected chi connectivity index (χ3v) is 2.88. The van der Waals surface area contributed by atoms with Crippen molar-refractivity contribution in [2.45, 2.75) is 18.9 Å². The van der Waals surface area contributed by atoms with Gasteiger partial charge in [-0.15, -0.1) is 0 Å². The van der Waals surface area contributed by atoms with E-state index in [1.165, 1.54) is 12.7 Å². The number of rotatable bonds is 3. The molecule has 1 saturated carbocycles. The Hall–Kier alpha value is -2.69. The summed E-state index contributed by atoms with van der Waals surface area (Å²) in [5.74, 6) is 0.476. The molecule has 0 saturated heterocycles. The number of nitriles is 1. The molecule has 2 heterocycles. The molecule has 2 N–H and O–H groups in total. The number of amides is 2. The third kappa shape index (κ3) is 2.06. The van der Waals surface area contributed by atoms with Gasteiger partial charge in [-0.05, 0) is 12.8 Å². The Bertz CT molecular complexity index is 654. The van der Waals surface area contributed by atoms with E-state index in [-0.39, 0.29) is 18.6 Å². The van der Waals surface area contributed by atoms with Gasteiger partial charge >= 0.3 is 6.03 Å². The molecule has 8 heteroatoms. The maximum absolute atomic E-state index is 12.1. The number of carbonyl (C=O) groups is 1. The van der Waals surface area contributed by atoms with Crippen LogP contribution in [0.3, 0.4) is 0 Å². The van der Waals surface area contributed by atoms with Gasteiger partial charge in [0.25, 0.3) is 0 Å². The predicted octanol–water partition coefficient (Wildman–Crippen LogP) is 0.555. The first-order valence-electron chi connectivity index (χ1n) is 5.89. The van der Waals surface area contributed by atoms with Crippen LogP contribution < -0.4 is 10.2 Å². The van der Waals surface area contributed by atoms with E-state index in [0.717, 1.165) is 12.8 Å². The van der Waals surface area contributed by atoms with Crippen molar-refractivity contribution in [1.82, 2.24) is 25.3 Å². The normalized spacial score (nSPS) is 14.1. The van der Waals surface area contributed by atoms with Gasteiger partial charge in [-0.25, -0.2) is 19.7 Å². The number of urea groups is 1. The van der Waals surface area contributed by atoms with Gasteiger partial charge < -0.3 is 10.3 Å². The molecule has 0 unspecified atom stereocenters. The standard InChI is InChI=1S/C11H11N7O/c12-3-4-13-11(19)18(7-1-2-7)10-8-9(15-5-14-8)16-6-17-10/h5-7H,1-2,4H2,(H,13,19)(H,14,15,16,17).